The summed E-state index contributed by atoms with van der Waals surface area (Å²) in [6, 6.07) is 7.31. The van der Waals surface area contributed by atoms with Gasteiger partial charge in [-0.2, -0.15) is 11.3 Å². The summed E-state index contributed by atoms with van der Waals surface area (Å²) in [4.78, 5) is 18.6. The van der Waals surface area contributed by atoms with Crippen LogP contribution in [0.3, 0.4) is 0 Å². The van der Waals surface area contributed by atoms with Gasteiger partial charge < -0.3 is 15.6 Å². The van der Waals surface area contributed by atoms with E-state index < -0.39 is 11.9 Å². The fourth-order valence-electron chi connectivity index (χ4n) is 4.64. The van der Waals surface area contributed by atoms with E-state index in [1.807, 2.05) is 35.0 Å². The zero-order chi connectivity index (χ0) is 24.1. The van der Waals surface area contributed by atoms with E-state index in [0.717, 1.165) is 41.4 Å². The summed E-state index contributed by atoms with van der Waals surface area (Å²) in [7, 11) is 1.62. The second-order valence-corrected chi connectivity index (χ2v) is 9.82. The number of ether oxygens (including phenoxy) is 1. The molecule has 1 fully saturated rings. The summed E-state index contributed by atoms with van der Waals surface area (Å²) in [5, 5.41) is 15.3. The smallest absolute Gasteiger partial charge is 0.308 e. The van der Waals surface area contributed by atoms with E-state index in [1.165, 1.54) is 0 Å². The molecule has 178 valence electrons. The highest BCUT2D eigenvalue weighted by atomic mass is 35.5. The summed E-state index contributed by atoms with van der Waals surface area (Å²) >= 11 is 8.12. The third-order valence-electron chi connectivity index (χ3n) is 6.50. The molecule has 3 aromatic rings. The maximum Gasteiger partial charge on any atom is 0.308 e. The van der Waals surface area contributed by atoms with Crippen molar-refractivity contribution in [1.29, 1.82) is 0 Å². The summed E-state index contributed by atoms with van der Waals surface area (Å²) in [5.41, 5.74) is 9.24. The number of carbonyl (C=O) groups is 1. The van der Waals surface area contributed by atoms with Gasteiger partial charge in [0.2, 0.25) is 0 Å². The number of methoxy groups -OCH3 is 1. The highest BCUT2D eigenvalue weighted by Crippen LogP contribution is 2.35. The van der Waals surface area contributed by atoms with Crippen LogP contribution in [0.15, 0.2) is 41.2 Å². The Bertz CT molecular complexity index is 1210. The first-order chi connectivity index (χ1) is 16.5. The Balaban J connectivity index is 1.42. The lowest BCUT2D eigenvalue weighted by atomic mass is 9.81. The summed E-state index contributed by atoms with van der Waals surface area (Å²) in [5.74, 6) is 5.90. The number of aliphatic carboxylic acids is 1. The minimum atomic E-state index is -0.758. The molecule has 0 spiro atoms. The maximum atomic E-state index is 12.0. The molecule has 34 heavy (non-hydrogen) atoms. The molecule has 8 heteroatoms. The number of aromatic nitrogens is 1. The van der Waals surface area contributed by atoms with Gasteiger partial charge in [-0.3, -0.25) is 14.7 Å². The topological polar surface area (TPSA) is 88.7 Å². The van der Waals surface area contributed by atoms with Crippen molar-refractivity contribution in [2.24, 2.45) is 17.6 Å². The summed E-state index contributed by atoms with van der Waals surface area (Å²) in [6.45, 7) is 1.91. The predicted octanol–water partition coefficient (Wildman–Crippen LogP) is 4.81. The lowest BCUT2D eigenvalue weighted by Crippen LogP contribution is -2.44. The largest absolute Gasteiger partial charge is 0.497 e. The number of hydrogen-bond acceptors (Lipinski definition) is 6. The minimum absolute atomic E-state index is 0.0612. The van der Waals surface area contributed by atoms with Crippen molar-refractivity contribution >= 4 is 39.8 Å². The Hall–Kier alpha value is -2.63. The van der Waals surface area contributed by atoms with Crippen LogP contribution in [0.2, 0.25) is 5.02 Å². The Morgan fingerprint density at radius 1 is 1.44 bits per heavy atom. The van der Waals surface area contributed by atoms with Gasteiger partial charge in [-0.05, 0) is 66.9 Å². The zero-order valence-corrected chi connectivity index (χ0v) is 20.6. The molecular weight excluding hydrogens is 470 g/mol. The number of benzene rings is 1. The van der Waals surface area contributed by atoms with Gasteiger partial charge in [0, 0.05) is 35.1 Å². The second-order valence-electron chi connectivity index (χ2n) is 8.63. The monoisotopic (exact) mass is 497 g/mol. The number of halogens is 1. The average Bonchev–Trinajstić information content (AvgIpc) is 3.36. The third kappa shape index (κ3) is 5.70. The fourth-order valence-corrected chi connectivity index (χ4v) is 5.51. The Morgan fingerprint density at radius 3 is 3.03 bits per heavy atom. The van der Waals surface area contributed by atoms with E-state index in [0.29, 0.717) is 30.3 Å². The molecule has 3 atom stereocenters. The van der Waals surface area contributed by atoms with Crippen molar-refractivity contribution < 1.29 is 14.6 Å². The SMILES string of the molecule is COc1ccc2ncc(Cl)c([C@@H](N)CC[C@H]3CCN(CC#Cc4ccsc4)C[C@H]3C(=O)O)c2c1. The molecule has 3 N–H and O–H groups in total. The first-order valence-electron chi connectivity index (χ1n) is 11.3. The predicted molar refractivity (Wildman–Crippen MR) is 136 cm³/mol. The van der Waals surface area contributed by atoms with Gasteiger partial charge in [0.25, 0.3) is 0 Å². The summed E-state index contributed by atoms with van der Waals surface area (Å²) in [6.07, 6.45) is 3.79. The average molecular weight is 498 g/mol. The van der Waals surface area contributed by atoms with Crippen LogP contribution in [0.1, 0.15) is 36.4 Å². The standard InChI is InChI=1S/C26H28ClN3O3S/c1-33-19-5-7-24-20(13-19)25(22(27)14-29-24)23(28)6-4-18-8-11-30(15-21(18)26(31)32)10-2-3-17-9-12-34-16-17/h5,7,9,12-14,16,18,21,23H,4,6,8,10-11,15,28H2,1H3,(H,31,32)/t18-,21+,23-/m0/s1. The van der Waals surface area contributed by atoms with Crippen molar-refractivity contribution in [1.82, 2.24) is 9.88 Å². The number of fused-ring (bicyclic) bond motifs is 1. The van der Waals surface area contributed by atoms with Crippen molar-refractivity contribution in [2.75, 3.05) is 26.7 Å². The Morgan fingerprint density at radius 2 is 2.29 bits per heavy atom. The first-order valence-corrected chi connectivity index (χ1v) is 12.6. The highest BCUT2D eigenvalue weighted by molar-refractivity contribution is 7.08. The molecule has 0 unspecified atom stereocenters. The van der Waals surface area contributed by atoms with Gasteiger partial charge in [-0.1, -0.05) is 23.4 Å². The van der Waals surface area contributed by atoms with Gasteiger partial charge in [-0.15, -0.1) is 0 Å². The van der Waals surface area contributed by atoms with Crippen LogP contribution >= 0.6 is 22.9 Å². The quantitative estimate of drug-likeness (QED) is 0.455. The van der Waals surface area contributed by atoms with Gasteiger partial charge in [0.1, 0.15) is 5.75 Å². The van der Waals surface area contributed by atoms with Gasteiger partial charge >= 0.3 is 5.97 Å². The van der Waals surface area contributed by atoms with Crippen LogP contribution < -0.4 is 10.5 Å². The van der Waals surface area contributed by atoms with Gasteiger partial charge in [0.15, 0.2) is 0 Å². The van der Waals surface area contributed by atoms with E-state index in [2.05, 4.69) is 21.7 Å². The number of likely N-dealkylation sites (tertiary alicyclic amines) is 1. The number of rotatable bonds is 7. The van der Waals surface area contributed by atoms with Crippen molar-refractivity contribution in [3.05, 3.63) is 57.4 Å². The van der Waals surface area contributed by atoms with Crippen LogP contribution in [0.5, 0.6) is 5.75 Å². The number of carboxylic acid groups (broad SMARTS) is 1. The molecular formula is C26H28ClN3O3S. The second kappa shape index (κ2) is 11.2. The molecule has 6 nitrogen and oxygen atoms in total. The third-order valence-corrected chi connectivity index (χ3v) is 7.49. The number of nitrogens with zero attached hydrogens (tertiary/aromatic N) is 2. The minimum Gasteiger partial charge on any atom is -0.497 e. The van der Waals surface area contributed by atoms with Crippen LogP contribution in [0.4, 0.5) is 0 Å². The number of pyridine rings is 1. The van der Waals surface area contributed by atoms with Crippen LogP contribution in [-0.4, -0.2) is 47.7 Å². The van der Waals surface area contributed by atoms with Crippen molar-refractivity contribution in [3.8, 4) is 17.6 Å². The normalized spacial score (nSPS) is 19.4. The molecule has 0 radical (unpaired) electrons. The van der Waals surface area contributed by atoms with Crippen LogP contribution in [0, 0.1) is 23.7 Å². The maximum absolute atomic E-state index is 12.0. The van der Waals surface area contributed by atoms with E-state index >= 15 is 0 Å². The highest BCUT2D eigenvalue weighted by Gasteiger charge is 2.34. The van der Waals surface area contributed by atoms with Crippen molar-refractivity contribution in [3.63, 3.8) is 0 Å². The fraction of sp³-hybridized carbons (Fsp3) is 0.385. The number of nitrogens with two attached hydrogens (primary N) is 1. The van der Waals surface area contributed by atoms with Crippen molar-refractivity contribution in [2.45, 2.75) is 25.3 Å². The van der Waals surface area contributed by atoms with E-state index in [4.69, 9.17) is 22.1 Å². The number of carboxylic acids is 1. The molecule has 1 saturated heterocycles. The molecule has 0 aliphatic carbocycles. The molecule has 1 aliphatic heterocycles. The van der Waals surface area contributed by atoms with Crippen LogP contribution in [0.25, 0.3) is 10.9 Å². The van der Waals surface area contributed by atoms with Gasteiger partial charge in [0.05, 0.1) is 30.1 Å². The Kier molecular flexibility index (Phi) is 8.07. The molecule has 1 aliphatic rings. The zero-order valence-electron chi connectivity index (χ0n) is 19.0. The lowest BCUT2D eigenvalue weighted by molar-refractivity contribution is -0.146. The van der Waals surface area contributed by atoms with E-state index in [-0.39, 0.29) is 12.0 Å². The number of hydrogen-bond donors (Lipinski definition) is 2. The van der Waals surface area contributed by atoms with E-state index in [1.54, 1.807) is 24.6 Å². The molecule has 1 aromatic carbocycles. The molecule has 4 rings (SSSR count). The molecule has 0 saturated carbocycles. The number of piperidine rings is 1. The van der Waals surface area contributed by atoms with Crippen LogP contribution in [-0.2, 0) is 4.79 Å². The lowest BCUT2D eigenvalue weighted by Gasteiger charge is -2.36. The molecule has 0 bridgehead atoms. The molecule has 3 heterocycles. The molecule has 2 aromatic heterocycles. The first kappa shape index (κ1) is 24.5. The Labute approximate surface area is 208 Å². The van der Waals surface area contributed by atoms with E-state index in [9.17, 15) is 9.90 Å². The molecule has 0 amide bonds. The summed E-state index contributed by atoms with van der Waals surface area (Å²) < 4.78 is 5.36. The number of thiophene rings is 1. The van der Waals surface area contributed by atoms with Gasteiger partial charge in [-0.25, -0.2) is 0 Å².